The molecule has 0 aromatic heterocycles. The van der Waals surface area contributed by atoms with E-state index < -0.39 is 5.97 Å². The van der Waals surface area contributed by atoms with Gasteiger partial charge in [-0.3, -0.25) is 4.79 Å². The van der Waals surface area contributed by atoms with E-state index in [-0.39, 0.29) is 12.0 Å². The SMILES string of the molecule is CC12CCC(C1)C(C)(C)C2NCC(=O)O. The van der Waals surface area contributed by atoms with Crippen molar-refractivity contribution in [3.63, 3.8) is 0 Å². The molecule has 2 rings (SSSR count). The summed E-state index contributed by atoms with van der Waals surface area (Å²) in [6.45, 7) is 6.96. The number of fused-ring (bicyclic) bond motifs is 2. The molecule has 86 valence electrons. The molecule has 2 bridgehead atoms. The van der Waals surface area contributed by atoms with Gasteiger partial charge >= 0.3 is 5.97 Å². The van der Waals surface area contributed by atoms with Gasteiger partial charge in [-0.15, -0.1) is 0 Å². The Morgan fingerprint density at radius 1 is 1.47 bits per heavy atom. The fourth-order valence-electron chi connectivity index (χ4n) is 4.00. The number of hydrogen-bond acceptors (Lipinski definition) is 2. The second kappa shape index (κ2) is 3.21. The molecule has 15 heavy (non-hydrogen) atoms. The molecule has 3 heteroatoms. The van der Waals surface area contributed by atoms with E-state index in [4.69, 9.17) is 5.11 Å². The molecule has 3 unspecified atom stereocenters. The van der Waals surface area contributed by atoms with Gasteiger partial charge in [0.25, 0.3) is 0 Å². The molecule has 2 aliphatic rings. The van der Waals surface area contributed by atoms with Crippen molar-refractivity contribution in [3.8, 4) is 0 Å². The Morgan fingerprint density at radius 2 is 2.13 bits per heavy atom. The zero-order valence-corrected chi connectivity index (χ0v) is 9.84. The highest BCUT2D eigenvalue weighted by Gasteiger charge is 2.58. The number of hydrogen-bond donors (Lipinski definition) is 2. The fraction of sp³-hybridized carbons (Fsp3) is 0.917. The van der Waals surface area contributed by atoms with E-state index in [1.54, 1.807) is 0 Å². The summed E-state index contributed by atoms with van der Waals surface area (Å²) in [5.74, 6) is 0.0194. The average molecular weight is 211 g/mol. The van der Waals surface area contributed by atoms with Crippen LogP contribution < -0.4 is 5.32 Å². The van der Waals surface area contributed by atoms with Crippen LogP contribution in [0.5, 0.6) is 0 Å². The molecule has 0 amide bonds. The topological polar surface area (TPSA) is 49.3 Å². The van der Waals surface area contributed by atoms with Crippen LogP contribution in [0.4, 0.5) is 0 Å². The van der Waals surface area contributed by atoms with Crippen LogP contribution in [0.3, 0.4) is 0 Å². The maximum atomic E-state index is 10.6. The van der Waals surface area contributed by atoms with Crippen LogP contribution in [-0.4, -0.2) is 23.7 Å². The third kappa shape index (κ3) is 1.57. The molecular weight excluding hydrogens is 190 g/mol. The zero-order chi connectivity index (χ0) is 11.3. The number of rotatable bonds is 3. The Bertz CT molecular complexity index is 283. The summed E-state index contributed by atoms with van der Waals surface area (Å²) >= 11 is 0. The van der Waals surface area contributed by atoms with Crippen molar-refractivity contribution >= 4 is 5.97 Å². The molecule has 2 fully saturated rings. The molecule has 3 nitrogen and oxygen atoms in total. The van der Waals surface area contributed by atoms with Crippen LogP contribution in [0, 0.1) is 16.7 Å². The van der Waals surface area contributed by atoms with Gasteiger partial charge in [0, 0.05) is 6.04 Å². The molecule has 0 saturated heterocycles. The lowest BCUT2D eigenvalue weighted by Gasteiger charge is -2.43. The first-order chi connectivity index (χ1) is 6.86. The standard InChI is InChI=1S/C12H21NO2/c1-11(2)8-4-5-12(3,6-8)10(11)13-7-9(14)15/h8,10,13H,4-7H2,1-3H3,(H,14,15). The van der Waals surface area contributed by atoms with E-state index in [9.17, 15) is 4.79 Å². The Balaban J connectivity index is 2.12. The van der Waals surface area contributed by atoms with E-state index in [1.807, 2.05) is 0 Å². The van der Waals surface area contributed by atoms with E-state index in [2.05, 4.69) is 26.1 Å². The summed E-state index contributed by atoms with van der Waals surface area (Å²) < 4.78 is 0. The first-order valence-corrected chi connectivity index (χ1v) is 5.81. The van der Waals surface area contributed by atoms with Gasteiger partial charge in [-0.2, -0.15) is 0 Å². The third-order valence-electron chi connectivity index (χ3n) is 4.73. The van der Waals surface area contributed by atoms with Gasteiger partial charge in [0.05, 0.1) is 6.54 Å². The zero-order valence-electron chi connectivity index (χ0n) is 9.84. The molecule has 0 heterocycles. The van der Waals surface area contributed by atoms with Crippen LogP contribution in [0.15, 0.2) is 0 Å². The average Bonchev–Trinajstić information content (AvgIpc) is 2.54. The number of carboxylic acid groups (broad SMARTS) is 1. The van der Waals surface area contributed by atoms with Gasteiger partial charge in [-0.1, -0.05) is 20.8 Å². The highest BCUT2D eigenvalue weighted by molar-refractivity contribution is 5.69. The van der Waals surface area contributed by atoms with E-state index in [0.29, 0.717) is 11.5 Å². The Kier molecular flexibility index (Phi) is 2.34. The van der Waals surface area contributed by atoms with Crippen LogP contribution in [0.2, 0.25) is 0 Å². The first kappa shape index (κ1) is 10.9. The molecule has 2 N–H and O–H groups in total. The molecule has 0 aromatic carbocycles. The maximum Gasteiger partial charge on any atom is 0.317 e. The smallest absolute Gasteiger partial charge is 0.317 e. The summed E-state index contributed by atoms with van der Waals surface area (Å²) in [7, 11) is 0. The van der Waals surface area contributed by atoms with E-state index in [1.165, 1.54) is 19.3 Å². The van der Waals surface area contributed by atoms with E-state index in [0.717, 1.165) is 5.92 Å². The van der Waals surface area contributed by atoms with Crippen molar-refractivity contribution in [1.82, 2.24) is 5.32 Å². The van der Waals surface area contributed by atoms with Gasteiger partial charge in [0.15, 0.2) is 0 Å². The Morgan fingerprint density at radius 3 is 2.60 bits per heavy atom. The second-order valence-electron chi connectivity index (χ2n) is 6.12. The molecule has 0 aliphatic heterocycles. The van der Waals surface area contributed by atoms with Gasteiger partial charge in [0.1, 0.15) is 0 Å². The molecule has 0 radical (unpaired) electrons. The second-order valence-corrected chi connectivity index (χ2v) is 6.12. The number of carbonyl (C=O) groups is 1. The summed E-state index contributed by atoms with van der Waals surface area (Å²) in [6, 6.07) is 0.361. The maximum absolute atomic E-state index is 10.6. The Labute approximate surface area is 91.2 Å². The molecule has 0 aromatic rings. The molecular formula is C12H21NO2. The lowest BCUT2D eigenvalue weighted by molar-refractivity contribution is -0.136. The molecule has 0 spiro atoms. The monoisotopic (exact) mass is 211 g/mol. The summed E-state index contributed by atoms with van der Waals surface area (Å²) in [4.78, 5) is 10.6. The fourth-order valence-corrected chi connectivity index (χ4v) is 4.00. The minimum atomic E-state index is -0.753. The van der Waals surface area contributed by atoms with Gasteiger partial charge in [-0.25, -0.2) is 0 Å². The minimum absolute atomic E-state index is 0.0937. The summed E-state index contributed by atoms with van der Waals surface area (Å²) in [6.07, 6.45) is 3.82. The van der Waals surface area contributed by atoms with Crippen molar-refractivity contribution in [1.29, 1.82) is 0 Å². The van der Waals surface area contributed by atoms with Crippen LogP contribution in [0.1, 0.15) is 40.0 Å². The summed E-state index contributed by atoms with van der Waals surface area (Å²) in [5.41, 5.74) is 0.575. The highest BCUT2D eigenvalue weighted by atomic mass is 16.4. The predicted octanol–water partition coefficient (Wildman–Crippen LogP) is 1.88. The third-order valence-corrected chi connectivity index (χ3v) is 4.73. The van der Waals surface area contributed by atoms with Crippen molar-refractivity contribution in [3.05, 3.63) is 0 Å². The van der Waals surface area contributed by atoms with Gasteiger partial charge < -0.3 is 10.4 Å². The van der Waals surface area contributed by atoms with Crippen LogP contribution in [0.25, 0.3) is 0 Å². The normalized spacial score (nSPS) is 42.1. The molecule has 2 saturated carbocycles. The quantitative estimate of drug-likeness (QED) is 0.749. The predicted molar refractivity (Wildman–Crippen MR) is 58.7 cm³/mol. The lowest BCUT2D eigenvalue weighted by Crippen LogP contribution is -2.51. The lowest BCUT2D eigenvalue weighted by atomic mass is 9.68. The number of nitrogens with one attached hydrogen (secondary N) is 1. The highest BCUT2D eigenvalue weighted by Crippen LogP contribution is 2.62. The van der Waals surface area contributed by atoms with E-state index >= 15 is 0 Å². The number of aliphatic carboxylic acids is 1. The van der Waals surface area contributed by atoms with Gasteiger partial charge in [-0.05, 0) is 36.0 Å². The summed E-state index contributed by atoms with van der Waals surface area (Å²) in [5, 5.41) is 12.0. The van der Waals surface area contributed by atoms with Gasteiger partial charge in [0.2, 0.25) is 0 Å². The largest absolute Gasteiger partial charge is 0.480 e. The first-order valence-electron chi connectivity index (χ1n) is 5.81. The van der Waals surface area contributed by atoms with Crippen LogP contribution in [-0.2, 0) is 4.79 Å². The Hall–Kier alpha value is -0.570. The minimum Gasteiger partial charge on any atom is -0.480 e. The van der Waals surface area contributed by atoms with Crippen molar-refractivity contribution < 1.29 is 9.90 Å². The number of carboxylic acids is 1. The van der Waals surface area contributed by atoms with Crippen molar-refractivity contribution in [2.45, 2.75) is 46.1 Å². The van der Waals surface area contributed by atoms with Crippen molar-refractivity contribution in [2.75, 3.05) is 6.54 Å². The molecule has 3 atom stereocenters. The van der Waals surface area contributed by atoms with Crippen LogP contribution >= 0.6 is 0 Å². The molecule has 2 aliphatic carbocycles. The van der Waals surface area contributed by atoms with Crippen molar-refractivity contribution in [2.24, 2.45) is 16.7 Å².